The van der Waals surface area contributed by atoms with Crippen LogP contribution in [0.15, 0.2) is 47.4 Å². The van der Waals surface area contributed by atoms with Crippen molar-refractivity contribution in [1.29, 1.82) is 0 Å². The fourth-order valence-electron chi connectivity index (χ4n) is 2.38. The molecular weight excluding hydrogens is 380 g/mol. The summed E-state index contributed by atoms with van der Waals surface area (Å²) in [6.45, 7) is 1.79. The molecule has 0 aliphatic heterocycles. The number of amides is 1. The predicted octanol–water partition coefficient (Wildman–Crippen LogP) is 2.91. The van der Waals surface area contributed by atoms with E-state index < -0.39 is 10.0 Å². The SMILES string of the molecule is COc1cc(/C=C/C(=O)Nc2cc(S(=O)(=O)N(C)C)ccc2C)cc(OC)c1. The molecule has 0 aromatic heterocycles. The zero-order valence-corrected chi connectivity index (χ0v) is 17.3. The Bertz CT molecular complexity index is 975. The van der Waals surface area contributed by atoms with Crippen LogP contribution in [-0.2, 0) is 14.8 Å². The van der Waals surface area contributed by atoms with Gasteiger partial charge in [-0.3, -0.25) is 4.79 Å². The second-order valence-corrected chi connectivity index (χ2v) is 8.38. The first-order valence-electron chi connectivity index (χ1n) is 8.42. The third kappa shape index (κ3) is 5.11. The highest BCUT2D eigenvalue weighted by Gasteiger charge is 2.18. The summed E-state index contributed by atoms with van der Waals surface area (Å²) < 4.78 is 36.1. The van der Waals surface area contributed by atoms with Crippen LogP contribution in [-0.4, -0.2) is 46.9 Å². The Morgan fingerprint density at radius 3 is 2.18 bits per heavy atom. The lowest BCUT2D eigenvalue weighted by molar-refractivity contribution is -0.111. The molecule has 0 saturated heterocycles. The molecule has 0 bridgehead atoms. The Hall–Kier alpha value is -2.84. The number of rotatable bonds is 7. The van der Waals surface area contributed by atoms with Gasteiger partial charge >= 0.3 is 0 Å². The molecule has 0 unspecified atom stereocenters. The molecule has 1 N–H and O–H groups in total. The largest absolute Gasteiger partial charge is 0.497 e. The number of benzene rings is 2. The number of nitrogens with one attached hydrogen (secondary N) is 1. The predicted molar refractivity (Wildman–Crippen MR) is 109 cm³/mol. The lowest BCUT2D eigenvalue weighted by Crippen LogP contribution is -2.22. The molecule has 0 saturated carbocycles. The molecule has 0 aliphatic carbocycles. The number of aryl methyl sites for hydroxylation is 1. The van der Waals surface area contributed by atoms with E-state index in [4.69, 9.17) is 9.47 Å². The number of ether oxygens (including phenoxy) is 2. The standard InChI is InChI=1S/C20H24N2O5S/c1-14-6-8-18(28(24,25)22(2)3)13-19(14)21-20(23)9-7-15-10-16(26-4)12-17(11-15)27-5/h6-13H,1-5H3,(H,21,23)/b9-7+. The Labute approximate surface area is 165 Å². The van der Waals surface area contributed by atoms with E-state index in [1.807, 2.05) is 0 Å². The van der Waals surface area contributed by atoms with Gasteiger partial charge in [0.1, 0.15) is 11.5 Å². The highest BCUT2D eigenvalue weighted by molar-refractivity contribution is 7.89. The molecule has 1 amide bonds. The van der Waals surface area contributed by atoms with E-state index in [2.05, 4.69) is 5.32 Å². The maximum Gasteiger partial charge on any atom is 0.248 e. The molecule has 8 heteroatoms. The van der Waals surface area contributed by atoms with Gasteiger partial charge in [0.05, 0.1) is 19.1 Å². The Morgan fingerprint density at radius 1 is 1.04 bits per heavy atom. The molecule has 0 aliphatic rings. The normalized spacial score (nSPS) is 11.6. The fraction of sp³-hybridized carbons (Fsp3) is 0.250. The molecule has 2 rings (SSSR count). The molecule has 0 spiro atoms. The molecule has 150 valence electrons. The molecule has 2 aromatic carbocycles. The van der Waals surface area contributed by atoms with Gasteiger partial charge in [-0.05, 0) is 48.4 Å². The van der Waals surface area contributed by atoms with E-state index in [-0.39, 0.29) is 10.8 Å². The van der Waals surface area contributed by atoms with Gasteiger partial charge in [0, 0.05) is 31.9 Å². The van der Waals surface area contributed by atoms with Crippen molar-refractivity contribution in [3.8, 4) is 11.5 Å². The smallest absolute Gasteiger partial charge is 0.248 e. The summed E-state index contributed by atoms with van der Waals surface area (Å²) in [7, 11) is 2.42. The Kier molecular flexibility index (Phi) is 6.82. The van der Waals surface area contributed by atoms with Crippen molar-refractivity contribution in [1.82, 2.24) is 4.31 Å². The van der Waals surface area contributed by atoms with Crippen LogP contribution in [0.5, 0.6) is 11.5 Å². The first-order chi connectivity index (χ1) is 13.2. The van der Waals surface area contributed by atoms with Crippen LogP contribution in [0.1, 0.15) is 11.1 Å². The van der Waals surface area contributed by atoms with Gasteiger partial charge in [-0.2, -0.15) is 0 Å². The van der Waals surface area contributed by atoms with E-state index >= 15 is 0 Å². The molecular formula is C20H24N2O5S. The fourth-order valence-corrected chi connectivity index (χ4v) is 3.31. The number of methoxy groups -OCH3 is 2. The molecule has 0 heterocycles. The van der Waals surface area contributed by atoms with Crippen LogP contribution in [0, 0.1) is 6.92 Å². The summed E-state index contributed by atoms with van der Waals surface area (Å²) in [5.74, 6) is 0.831. The quantitative estimate of drug-likeness (QED) is 0.717. The van der Waals surface area contributed by atoms with Crippen molar-refractivity contribution >= 4 is 27.7 Å². The molecule has 0 atom stereocenters. The van der Waals surface area contributed by atoms with Gasteiger partial charge in [0.15, 0.2) is 0 Å². The first-order valence-corrected chi connectivity index (χ1v) is 9.86. The molecule has 7 nitrogen and oxygen atoms in total. The summed E-state index contributed by atoms with van der Waals surface area (Å²) in [5, 5.41) is 2.72. The van der Waals surface area contributed by atoms with Crippen LogP contribution in [0.3, 0.4) is 0 Å². The summed E-state index contributed by atoms with van der Waals surface area (Å²) >= 11 is 0. The zero-order chi connectivity index (χ0) is 20.9. The maximum absolute atomic E-state index is 12.3. The molecule has 28 heavy (non-hydrogen) atoms. The summed E-state index contributed by atoms with van der Waals surface area (Å²) in [4.78, 5) is 12.4. The number of nitrogens with zero attached hydrogens (tertiary/aromatic N) is 1. The second-order valence-electron chi connectivity index (χ2n) is 6.23. The Morgan fingerprint density at radius 2 is 1.64 bits per heavy atom. The van der Waals surface area contributed by atoms with E-state index in [9.17, 15) is 13.2 Å². The van der Waals surface area contributed by atoms with E-state index in [1.165, 1.54) is 32.3 Å². The van der Waals surface area contributed by atoms with Crippen LogP contribution in [0.2, 0.25) is 0 Å². The van der Waals surface area contributed by atoms with Gasteiger partial charge in [-0.25, -0.2) is 12.7 Å². The zero-order valence-electron chi connectivity index (χ0n) is 16.5. The molecule has 0 radical (unpaired) electrons. The lowest BCUT2D eigenvalue weighted by atomic mass is 10.1. The van der Waals surface area contributed by atoms with Gasteiger partial charge in [0.2, 0.25) is 15.9 Å². The number of carbonyl (C=O) groups excluding carboxylic acids is 1. The number of sulfonamides is 1. The lowest BCUT2D eigenvalue weighted by Gasteiger charge is -2.14. The summed E-state index contributed by atoms with van der Waals surface area (Å²) in [5.41, 5.74) is 1.91. The number of anilines is 1. The highest BCUT2D eigenvalue weighted by atomic mass is 32.2. The molecule has 0 fully saturated rings. The van der Waals surface area contributed by atoms with Crippen LogP contribution in [0.25, 0.3) is 6.08 Å². The monoisotopic (exact) mass is 404 g/mol. The van der Waals surface area contributed by atoms with Gasteiger partial charge in [-0.15, -0.1) is 0 Å². The topological polar surface area (TPSA) is 84.9 Å². The number of hydrogen-bond donors (Lipinski definition) is 1. The van der Waals surface area contributed by atoms with E-state index in [0.29, 0.717) is 17.2 Å². The van der Waals surface area contributed by atoms with Gasteiger partial charge in [-0.1, -0.05) is 6.07 Å². The summed E-state index contributed by atoms with van der Waals surface area (Å²) in [6.07, 6.45) is 2.98. The Balaban J connectivity index is 2.23. The van der Waals surface area contributed by atoms with Crippen LogP contribution >= 0.6 is 0 Å². The number of carbonyl (C=O) groups is 1. The molecule has 2 aromatic rings. The average Bonchev–Trinajstić information content (AvgIpc) is 2.67. The minimum Gasteiger partial charge on any atom is -0.497 e. The van der Waals surface area contributed by atoms with E-state index in [1.54, 1.807) is 51.5 Å². The van der Waals surface area contributed by atoms with Crippen molar-refractivity contribution in [3.05, 3.63) is 53.6 Å². The first kappa shape index (κ1) is 21.5. The third-order valence-electron chi connectivity index (χ3n) is 4.05. The van der Waals surface area contributed by atoms with Crippen molar-refractivity contribution in [2.45, 2.75) is 11.8 Å². The van der Waals surface area contributed by atoms with Crippen molar-refractivity contribution < 1.29 is 22.7 Å². The van der Waals surface area contributed by atoms with Crippen molar-refractivity contribution in [2.24, 2.45) is 0 Å². The number of hydrogen-bond acceptors (Lipinski definition) is 5. The van der Waals surface area contributed by atoms with Crippen LogP contribution in [0.4, 0.5) is 5.69 Å². The van der Waals surface area contributed by atoms with Gasteiger partial charge < -0.3 is 14.8 Å². The van der Waals surface area contributed by atoms with Gasteiger partial charge in [0.25, 0.3) is 0 Å². The minimum atomic E-state index is -3.59. The average molecular weight is 404 g/mol. The minimum absolute atomic E-state index is 0.111. The van der Waals surface area contributed by atoms with Crippen LogP contribution < -0.4 is 14.8 Å². The third-order valence-corrected chi connectivity index (χ3v) is 5.86. The van der Waals surface area contributed by atoms with Crippen molar-refractivity contribution in [3.63, 3.8) is 0 Å². The summed E-state index contributed by atoms with van der Waals surface area (Å²) in [6, 6.07) is 9.88. The van der Waals surface area contributed by atoms with E-state index in [0.717, 1.165) is 15.4 Å². The van der Waals surface area contributed by atoms with Crippen molar-refractivity contribution in [2.75, 3.05) is 33.6 Å². The maximum atomic E-state index is 12.3. The highest BCUT2D eigenvalue weighted by Crippen LogP contribution is 2.24. The second kappa shape index (κ2) is 8.90.